The van der Waals surface area contributed by atoms with E-state index >= 15 is 0 Å². The van der Waals surface area contributed by atoms with Crippen molar-refractivity contribution in [3.05, 3.63) is 97.6 Å². The van der Waals surface area contributed by atoms with Gasteiger partial charge in [0.2, 0.25) is 0 Å². The molecule has 0 radical (unpaired) electrons. The number of benzene rings is 2. The average molecular weight is 423 g/mol. The largest absolute Gasteiger partial charge is 0.457 e. The van der Waals surface area contributed by atoms with Crippen LogP contribution in [-0.2, 0) is 4.74 Å². The molecule has 0 aliphatic carbocycles. The second kappa shape index (κ2) is 9.04. The number of nitro groups is 1. The van der Waals surface area contributed by atoms with Crippen LogP contribution in [0.1, 0.15) is 32.0 Å². The van der Waals surface area contributed by atoms with Crippen molar-refractivity contribution in [3.8, 4) is 11.5 Å². The van der Waals surface area contributed by atoms with E-state index in [0.717, 1.165) is 0 Å². The topological polar surface area (TPSA) is 126 Å². The van der Waals surface area contributed by atoms with Gasteiger partial charge in [-0.1, -0.05) is 0 Å². The summed E-state index contributed by atoms with van der Waals surface area (Å²) in [6.45, 7) is 2.56. The molecule has 0 saturated heterocycles. The maximum absolute atomic E-state index is 12.3. The van der Waals surface area contributed by atoms with Crippen LogP contribution in [0.2, 0.25) is 0 Å². The maximum Gasteiger partial charge on any atom is 0.342 e. The van der Waals surface area contributed by atoms with Crippen LogP contribution in [0.25, 0.3) is 0 Å². The smallest absolute Gasteiger partial charge is 0.342 e. The molecule has 0 spiro atoms. The molecule has 0 amide bonds. The summed E-state index contributed by atoms with van der Waals surface area (Å²) in [4.78, 5) is 46.1. The molecule has 0 atom stereocenters. The average Bonchev–Trinajstić information content (AvgIpc) is 2.72. The van der Waals surface area contributed by atoms with Gasteiger partial charge in [0.25, 0.3) is 5.69 Å². The Kier molecular flexibility index (Phi) is 6.25. The van der Waals surface area contributed by atoms with Gasteiger partial charge in [0, 0.05) is 23.8 Å². The molecule has 0 saturated carbocycles. The van der Waals surface area contributed by atoms with Crippen molar-refractivity contribution >= 4 is 17.4 Å². The van der Waals surface area contributed by atoms with E-state index in [2.05, 4.69) is 0 Å². The quantitative estimate of drug-likeness (QED) is 0.242. The van der Waals surface area contributed by atoms with Gasteiger partial charge in [-0.3, -0.25) is 14.9 Å². The molecule has 3 aromatic rings. The minimum absolute atomic E-state index is 0.0501. The second-order valence-electron chi connectivity index (χ2n) is 6.56. The number of hydrogen-bond acceptors (Lipinski definition) is 8. The summed E-state index contributed by atoms with van der Waals surface area (Å²) in [5.41, 5.74) is 0.194. The van der Waals surface area contributed by atoms with E-state index in [-0.39, 0.29) is 17.0 Å². The summed E-state index contributed by atoms with van der Waals surface area (Å²) < 4.78 is 15.5. The van der Waals surface area contributed by atoms with Gasteiger partial charge < -0.3 is 13.9 Å². The van der Waals surface area contributed by atoms with Crippen molar-refractivity contribution in [1.29, 1.82) is 0 Å². The standard InChI is InChI=1S/C22H17NO8/c1-13-11-20(25)30-14(2)21(13)22(26)29-12-19(24)15-3-7-17(8-4-15)31-18-9-5-16(6-10-18)23(27)28/h3-11H,12H2,1-2H3. The zero-order valence-electron chi connectivity index (χ0n) is 16.6. The van der Waals surface area contributed by atoms with Crippen LogP contribution in [0.4, 0.5) is 5.69 Å². The number of aryl methyl sites for hydroxylation is 2. The highest BCUT2D eigenvalue weighted by Crippen LogP contribution is 2.24. The number of rotatable bonds is 7. The third-order valence-electron chi connectivity index (χ3n) is 4.33. The van der Waals surface area contributed by atoms with E-state index in [0.29, 0.717) is 22.6 Å². The molecule has 1 heterocycles. The Balaban J connectivity index is 1.61. The molecule has 1 aromatic heterocycles. The molecular formula is C22H17NO8. The number of nitro benzene ring substituents is 1. The monoisotopic (exact) mass is 423 g/mol. The maximum atomic E-state index is 12.3. The second-order valence-corrected chi connectivity index (χ2v) is 6.56. The van der Waals surface area contributed by atoms with Gasteiger partial charge in [0.1, 0.15) is 22.8 Å². The van der Waals surface area contributed by atoms with Gasteiger partial charge in [0.05, 0.1) is 4.92 Å². The third-order valence-corrected chi connectivity index (χ3v) is 4.33. The normalized spacial score (nSPS) is 10.4. The lowest BCUT2D eigenvalue weighted by Crippen LogP contribution is -2.17. The first kappa shape index (κ1) is 21.4. The van der Waals surface area contributed by atoms with Gasteiger partial charge in [-0.2, -0.15) is 0 Å². The van der Waals surface area contributed by atoms with Crippen molar-refractivity contribution < 1.29 is 28.4 Å². The van der Waals surface area contributed by atoms with Crippen molar-refractivity contribution in [3.63, 3.8) is 0 Å². The van der Waals surface area contributed by atoms with Crippen molar-refractivity contribution in [1.82, 2.24) is 0 Å². The first-order valence-corrected chi connectivity index (χ1v) is 9.08. The molecule has 3 rings (SSSR count). The molecule has 158 valence electrons. The fraction of sp³-hybridized carbons (Fsp3) is 0.136. The number of nitrogens with zero attached hydrogens (tertiary/aromatic N) is 1. The Labute approximate surface area is 176 Å². The minimum atomic E-state index is -0.759. The molecule has 31 heavy (non-hydrogen) atoms. The summed E-state index contributed by atoms with van der Waals surface area (Å²) in [5.74, 6) is -0.241. The Hall–Kier alpha value is -4.27. The summed E-state index contributed by atoms with van der Waals surface area (Å²) in [7, 11) is 0. The van der Waals surface area contributed by atoms with Crippen molar-refractivity contribution in [2.75, 3.05) is 6.61 Å². The first-order valence-electron chi connectivity index (χ1n) is 9.08. The fourth-order valence-corrected chi connectivity index (χ4v) is 2.83. The molecule has 2 aromatic carbocycles. The van der Waals surface area contributed by atoms with E-state index in [1.165, 1.54) is 49.4 Å². The van der Waals surface area contributed by atoms with Crippen LogP contribution >= 0.6 is 0 Å². The molecule has 0 aliphatic rings. The third kappa shape index (κ3) is 5.21. The Bertz CT molecular complexity index is 1170. The zero-order chi connectivity index (χ0) is 22.5. The number of ether oxygens (including phenoxy) is 2. The van der Waals surface area contributed by atoms with E-state index in [1.54, 1.807) is 19.1 Å². The van der Waals surface area contributed by atoms with E-state index in [1.807, 2.05) is 0 Å². The summed E-state index contributed by atoms with van der Waals surface area (Å²) in [6, 6.07) is 12.9. The van der Waals surface area contributed by atoms with Crippen LogP contribution in [0.15, 0.2) is 63.8 Å². The highest BCUT2D eigenvalue weighted by Gasteiger charge is 2.18. The number of hydrogen-bond donors (Lipinski definition) is 0. The SMILES string of the molecule is Cc1cc(=O)oc(C)c1C(=O)OCC(=O)c1ccc(Oc2ccc([N+](=O)[O-])cc2)cc1. The predicted octanol–water partition coefficient (Wildman–Crippen LogP) is 4.00. The molecule has 0 N–H and O–H groups in total. The lowest BCUT2D eigenvalue weighted by atomic mass is 10.1. The van der Waals surface area contributed by atoms with E-state index < -0.39 is 28.9 Å². The predicted molar refractivity (Wildman–Crippen MR) is 109 cm³/mol. The van der Waals surface area contributed by atoms with Gasteiger partial charge in [-0.25, -0.2) is 9.59 Å². The molecule has 0 aliphatic heterocycles. The number of carbonyl (C=O) groups excluding carboxylic acids is 2. The number of ketones is 1. The number of non-ortho nitro benzene ring substituents is 1. The molecule has 0 fully saturated rings. The van der Waals surface area contributed by atoms with E-state index in [9.17, 15) is 24.5 Å². The van der Waals surface area contributed by atoms with Crippen LogP contribution in [0, 0.1) is 24.0 Å². The summed E-state index contributed by atoms with van der Waals surface area (Å²) >= 11 is 0. The Morgan fingerprint density at radius 2 is 1.58 bits per heavy atom. The Morgan fingerprint density at radius 3 is 2.13 bits per heavy atom. The van der Waals surface area contributed by atoms with Crippen LogP contribution < -0.4 is 10.4 Å². The number of esters is 1. The van der Waals surface area contributed by atoms with Gasteiger partial charge in [-0.05, 0) is 55.8 Å². The molecular weight excluding hydrogens is 406 g/mol. The van der Waals surface area contributed by atoms with Crippen molar-refractivity contribution in [2.24, 2.45) is 0 Å². The molecule has 0 bridgehead atoms. The van der Waals surface area contributed by atoms with E-state index in [4.69, 9.17) is 13.9 Å². The minimum Gasteiger partial charge on any atom is -0.457 e. The zero-order valence-corrected chi connectivity index (χ0v) is 16.6. The highest BCUT2D eigenvalue weighted by atomic mass is 16.6. The van der Waals surface area contributed by atoms with Gasteiger partial charge >= 0.3 is 11.6 Å². The van der Waals surface area contributed by atoms with Crippen LogP contribution in [0.3, 0.4) is 0 Å². The Morgan fingerprint density at radius 1 is 1.00 bits per heavy atom. The summed E-state index contributed by atoms with van der Waals surface area (Å²) in [5, 5.41) is 10.7. The molecule has 0 unspecified atom stereocenters. The van der Waals surface area contributed by atoms with Crippen LogP contribution in [-0.4, -0.2) is 23.3 Å². The van der Waals surface area contributed by atoms with Gasteiger partial charge in [-0.15, -0.1) is 0 Å². The van der Waals surface area contributed by atoms with Crippen molar-refractivity contribution in [2.45, 2.75) is 13.8 Å². The van der Waals surface area contributed by atoms with Crippen LogP contribution in [0.5, 0.6) is 11.5 Å². The highest BCUT2D eigenvalue weighted by molar-refractivity contribution is 5.99. The molecule has 9 nitrogen and oxygen atoms in total. The molecule has 9 heteroatoms. The lowest BCUT2D eigenvalue weighted by Gasteiger charge is -2.09. The lowest BCUT2D eigenvalue weighted by molar-refractivity contribution is -0.384. The number of Topliss-reactive ketones (excluding diaryl/α,β-unsaturated/α-hetero) is 1. The summed E-state index contributed by atoms with van der Waals surface area (Å²) in [6.07, 6.45) is 0. The van der Waals surface area contributed by atoms with Gasteiger partial charge in [0.15, 0.2) is 12.4 Å². The fourth-order valence-electron chi connectivity index (χ4n) is 2.83. The number of carbonyl (C=O) groups is 2. The first-order chi connectivity index (χ1) is 14.7.